The molecule has 1 aromatic carbocycles. The minimum atomic E-state index is -0.967. The van der Waals surface area contributed by atoms with Gasteiger partial charge in [-0.3, -0.25) is 0 Å². The Hall–Kier alpha value is -2.34. The average Bonchev–Trinajstić information content (AvgIpc) is 2.41. The van der Waals surface area contributed by atoms with Crippen LogP contribution in [0.3, 0.4) is 0 Å². The van der Waals surface area contributed by atoms with Gasteiger partial charge >= 0.3 is 5.97 Å². The number of nitrogens with two attached hydrogens (primary N) is 1. The molecule has 0 saturated heterocycles. The van der Waals surface area contributed by atoms with Crippen LogP contribution in [0.15, 0.2) is 30.6 Å². The SMILES string of the molecule is Nc1ncnc(NCc2cccc(C(=O)O)c2)c1Cl. The number of carboxylic acid groups (broad SMARTS) is 1. The molecule has 0 radical (unpaired) electrons. The summed E-state index contributed by atoms with van der Waals surface area (Å²) in [6.07, 6.45) is 1.30. The van der Waals surface area contributed by atoms with Crippen molar-refractivity contribution in [1.82, 2.24) is 9.97 Å². The molecule has 4 N–H and O–H groups in total. The number of halogens is 1. The molecule has 0 amide bonds. The van der Waals surface area contributed by atoms with Gasteiger partial charge in [0.05, 0.1) is 5.56 Å². The number of aromatic nitrogens is 2. The molecular weight excluding hydrogens is 268 g/mol. The van der Waals surface area contributed by atoms with Gasteiger partial charge in [-0.25, -0.2) is 14.8 Å². The Morgan fingerprint density at radius 1 is 1.42 bits per heavy atom. The molecule has 0 bridgehead atoms. The number of nitrogens with zero attached hydrogens (tertiary/aromatic N) is 2. The number of nitrogens with one attached hydrogen (secondary N) is 1. The number of carbonyl (C=O) groups is 1. The van der Waals surface area contributed by atoms with Crippen LogP contribution in [0.2, 0.25) is 5.02 Å². The minimum absolute atomic E-state index is 0.193. The van der Waals surface area contributed by atoms with Crippen molar-refractivity contribution in [2.45, 2.75) is 6.54 Å². The normalized spacial score (nSPS) is 10.2. The number of benzene rings is 1. The van der Waals surface area contributed by atoms with Crippen molar-refractivity contribution >= 4 is 29.2 Å². The van der Waals surface area contributed by atoms with E-state index in [9.17, 15) is 4.79 Å². The lowest BCUT2D eigenvalue weighted by atomic mass is 10.1. The van der Waals surface area contributed by atoms with Crippen molar-refractivity contribution in [3.05, 3.63) is 46.7 Å². The van der Waals surface area contributed by atoms with Crippen molar-refractivity contribution < 1.29 is 9.90 Å². The predicted octanol–water partition coefficient (Wildman–Crippen LogP) is 2.02. The van der Waals surface area contributed by atoms with E-state index in [1.165, 1.54) is 12.4 Å². The molecule has 6 nitrogen and oxygen atoms in total. The third-order valence-electron chi connectivity index (χ3n) is 2.45. The Labute approximate surface area is 114 Å². The molecule has 2 aromatic rings. The molecule has 0 unspecified atom stereocenters. The summed E-state index contributed by atoms with van der Waals surface area (Å²) < 4.78 is 0. The summed E-state index contributed by atoms with van der Waals surface area (Å²) in [5.74, 6) is -0.362. The first kappa shape index (κ1) is 13.1. The zero-order valence-electron chi connectivity index (χ0n) is 9.80. The van der Waals surface area contributed by atoms with Gasteiger partial charge in [-0.2, -0.15) is 0 Å². The van der Waals surface area contributed by atoms with Gasteiger partial charge in [0.25, 0.3) is 0 Å². The van der Waals surface area contributed by atoms with Crippen LogP contribution >= 0.6 is 11.6 Å². The van der Waals surface area contributed by atoms with E-state index in [4.69, 9.17) is 22.4 Å². The highest BCUT2D eigenvalue weighted by Gasteiger charge is 2.07. The van der Waals surface area contributed by atoms with Crippen LogP contribution in [0, 0.1) is 0 Å². The van der Waals surface area contributed by atoms with Gasteiger partial charge in [0.1, 0.15) is 17.2 Å². The highest BCUT2D eigenvalue weighted by Crippen LogP contribution is 2.23. The Bertz CT molecular complexity index is 618. The molecule has 0 spiro atoms. The fourth-order valence-corrected chi connectivity index (χ4v) is 1.67. The predicted molar refractivity (Wildman–Crippen MR) is 72.2 cm³/mol. The van der Waals surface area contributed by atoms with E-state index in [1.54, 1.807) is 18.2 Å². The van der Waals surface area contributed by atoms with E-state index in [0.29, 0.717) is 12.4 Å². The number of hydrogen-bond acceptors (Lipinski definition) is 5. The lowest BCUT2D eigenvalue weighted by molar-refractivity contribution is 0.0697. The number of nitrogen functional groups attached to an aromatic ring is 1. The second-order valence-corrected chi connectivity index (χ2v) is 4.16. The number of hydrogen-bond donors (Lipinski definition) is 3. The fourth-order valence-electron chi connectivity index (χ4n) is 1.51. The molecule has 98 valence electrons. The highest BCUT2D eigenvalue weighted by molar-refractivity contribution is 6.35. The summed E-state index contributed by atoms with van der Waals surface area (Å²) in [7, 11) is 0. The molecule has 2 rings (SSSR count). The second kappa shape index (κ2) is 5.53. The Kier molecular flexibility index (Phi) is 3.82. The molecule has 19 heavy (non-hydrogen) atoms. The van der Waals surface area contributed by atoms with Crippen LogP contribution in [0.25, 0.3) is 0 Å². The van der Waals surface area contributed by atoms with Crippen LogP contribution < -0.4 is 11.1 Å². The lowest BCUT2D eigenvalue weighted by Crippen LogP contribution is -2.05. The molecule has 0 saturated carbocycles. The van der Waals surface area contributed by atoms with Crippen molar-refractivity contribution in [2.24, 2.45) is 0 Å². The van der Waals surface area contributed by atoms with E-state index in [0.717, 1.165) is 5.56 Å². The maximum atomic E-state index is 10.8. The highest BCUT2D eigenvalue weighted by atomic mass is 35.5. The minimum Gasteiger partial charge on any atom is -0.478 e. The van der Waals surface area contributed by atoms with Gasteiger partial charge < -0.3 is 16.2 Å². The van der Waals surface area contributed by atoms with Crippen molar-refractivity contribution in [1.29, 1.82) is 0 Å². The van der Waals surface area contributed by atoms with E-state index >= 15 is 0 Å². The number of aromatic carboxylic acids is 1. The maximum Gasteiger partial charge on any atom is 0.335 e. The van der Waals surface area contributed by atoms with E-state index in [1.807, 2.05) is 0 Å². The van der Waals surface area contributed by atoms with Gasteiger partial charge in [-0.15, -0.1) is 0 Å². The van der Waals surface area contributed by atoms with Crippen LogP contribution in [0.5, 0.6) is 0 Å². The zero-order valence-corrected chi connectivity index (χ0v) is 10.6. The number of rotatable bonds is 4. The smallest absolute Gasteiger partial charge is 0.335 e. The molecule has 1 aromatic heterocycles. The van der Waals surface area contributed by atoms with Crippen LogP contribution in [0.4, 0.5) is 11.6 Å². The standard InChI is InChI=1S/C12H11ClN4O2/c13-9-10(14)16-6-17-11(9)15-5-7-2-1-3-8(4-7)12(18)19/h1-4,6H,5H2,(H,18,19)(H3,14,15,16,17). The molecule has 0 fully saturated rings. The maximum absolute atomic E-state index is 10.8. The quantitative estimate of drug-likeness (QED) is 0.791. The number of anilines is 2. The topological polar surface area (TPSA) is 101 Å². The summed E-state index contributed by atoms with van der Waals surface area (Å²) in [6.45, 7) is 0.386. The third-order valence-corrected chi connectivity index (χ3v) is 2.82. The van der Waals surface area contributed by atoms with Gasteiger partial charge in [0.15, 0.2) is 5.82 Å². The van der Waals surface area contributed by atoms with Crippen LogP contribution in [-0.2, 0) is 6.54 Å². The molecule has 1 heterocycles. The zero-order chi connectivity index (χ0) is 13.8. The molecular formula is C12H11ClN4O2. The Balaban J connectivity index is 2.12. The van der Waals surface area contributed by atoms with Gasteiger partial charge in [0.2, 0.25) is 0 Å². The monoisotopic (exact) mass is 278 g/mol. The van der Waals surface area contributed by atoms with Gasteiger partial charge in [-0.05, 0) is 17.7 Å². The summed E-state index contributed by atoms with van der Waals surface area (Å²) in [5.41, 5.74) is 6.58. The molecule has 0 atom stereocenters. The summed E-state index contributed by atoms with van der Waals surface area (Å²) in [6, 6.07) is 6.59. The molecule has 0 aliphatic carbocycles. The first-order valence-corrected chi connectivity index (χ1v) is 5.78. The van der Waals surface area contributed by atoms with Crippen LogP contribution in [-0.4, -0.2) is 21.0 Å². The summed E-state index contributed by atoms with van der Waals surface area (Å²) in [5, 5.41) is 12.1. The lowest BCUT2D eigenvalue weighted by Gasteiger charge is -2.08. The van der Waals surface area contributed by atoms with Crippen molar-refractivity contribution in [3.63, 3.8) is 0 Å². The summed E-state index contributed by atoms with van der Waals surface area (Å²) in [4.78, 5) is 18.6. The molecule has 7 heteroatoms. The fraction of sp³-hybridized carbons (Fsp3) is 0.0833. The Morgan fingerprint density at radius 3 is 2.95 bits per heavy atom. The molecule has 0 aliphatic rings. The largest absolute Gasteiger partial charge is 0.478 e. The van der Waals surface area contributed by atoms with E-state index in [-0.39, 0.29) is 16.4 Å². The second-order valence-electron chi connectivity index (χ2n) is 3.78. The van der Waals surface area contributed by atoms with E-state index in [2.05, 4.69) is 15.3 Å². The first-order valence-electron chi connectivity index (χ1n) is 5.40. The Morgan fingerprint density at radius 2 is 2.21 bits per heavy atom. The van der Waals surface area contributed by atoms with Crippen LogP contribution in [0.1, 0.15) is 15.9 Å². The number of carboxylic acids is 1. The first-order chi connectivity index (χ1) is 9.08. The third kappa shape index (κ3) is 3.11. The molecule has 0 aliphatic heterocycles. The average molecular weight is 279 g/mol. The van der Waals surface area contributed by atoms with Crippen molar-refractivity contribution in [2.75, 3.05) is 11.1 Å². The van der Waals surface area contributed by atoms with Crippen molar-refractivity contribution in [3.8, 4) is 0 Å². The van der Waals surface area contributed by atoms with Gasteiger partial charge in [0, 0.05) is 6.54 Å². The summed E-state index contributed by atoms with van der Waals surface area (Å²) >= 11 is 5.93. The van der Waals surface area contributed by atoms with E-state index < -0.39 is 5.97 Å². The van der Waals surface area contributed by atoms with Gasteiger partial charge in [-0.1, -0.05) is 23.7 Å².